The van der Waals surface area contributed by atoms with Crippen molar-refractivity contribution in [3.63, 3.8) is 0 Å². The number of aromatic nitrogens is 1. The number of amides is 3. The second-order valence-corrected chi connectivity index (χ2v) is 6.41. The van der Waals surface area contributed by atoms with Crippen LogP contribution in [0.1, 0.15) is 16.8 Å². The third kappa shape index (κ3) is 3.59. The van der Waals surface area contributed by atoms with Crippen LogP contribution < -0.4 is 25.2 Å². The van der Waals surface area contributed by atoms with Gasteiger partial charge in [0, 0.05) is 42.7 Å². The summed E-state index contributed by atoms with van der Waals surface area (Å²) in [6, 6.07) is 8.31. The molecule has 1 saturated heterocycles. The number of anilines is 1. The summed E-state index contributed by atoms with van der Waals surface area (Å²) in [5, 5.41) is 0. The van der Waals surface area contributed by atoms with Gasteiger partial charge in [0.25, 0.3) is 5.91 Å². The molecule has 3 amide bonds. The molecule has 1 atom stereocenters. The lowest BCUT2D eigenvalue weighted by Gasteiger charge is -2.22. The van der Waals surface area contributed by atoms with Gasteiger partial charge >= 0.3 is 0 Å². The first-order valence-corrected chi connectivity index (χ1v) is 8.82. The van der Waals surface area contributed by atoms with Gasteiger partial charge < -0.3 is 14.4 Å². The molecule has 144 valence electrons. The fourth-order valence-electron chi connectivity index (χ4n) is 3.13. The summed E-state index contributed by atoms with van der Waals surface area (Å²) in [6.45, 7) is 1.16. The van der Waals surface area contributed by atoms with Gasteiger partial charge in [-0.15, -0.1) is 0 Å². The van der Waals surface area contributed by atoms with Crippen LogP contribution in [-0.2, 0) is 9.59 Å². The van der Waals surface area contributed by atoms with Gasteiger partial charge in [-0.25, -0.2) is 0 Å². The number of nitrogens with one attached hydrogen (secondary N) is 2. The predicted octanol–water partition coefficient (Wildman–Crippen LogP) is 0.667. The van der Waals surface area contributed by atoms with Gasteiger partial charge in [-0.3, -0.25) is 30.2 Å². The molecule has 0 radical (unpaired) electrons. The average Bonchev–Trinajstić information content (AvgIpc) is 3.13. The van der Waals surface area contributed by atoms with Crippen molar-refractivity contribution in [2.45, 2.75) is 6.42 Å². The number of hydrogen-bond donors (Lipinski definition) is 2. The van der Waals surface area contributed by atoms with Crippen LogP contribution in [0.25, 0.3) is 0 Å². The lowest BCUT2D eigenvalue weighted by atomic mass is 10.1. The Balaban J connectivity index is 1.37. The summed E-state index contributed by atoms with van der Waals surface area (Å²) in [5.41, 5.74) is 5.75. The zero-order valence-electron chi connectivity index (χ0n) is 14.9. The molecule has 3 heterocycles. The van der Waals surface area contributed by atoms with Gasteiger partial charge in [-0.1, -0.05) is 0 Å². The number of rotatable bonds is 3. The third-order valence-electron chi connectivity index (χ3n) is 4.57. The summed E-state index contributed by atoms with van der Waals surface area (Å²) in [6.07, 6.45) is 3.03. The van der Waals surface area contributed by atoms with Crippen LogP contribution in [0.3, 0.4) is 0 Å². The maximum absolute atomic E-state index is 12.4. The number of carbonyl (C=O) groups excluding carboxylic acids is 3. The molecule has 1 aromatic heterocycles. The van der Waals surface area contributed by atoms with Crippen molar-refractivity contribution in [3.8, 4) is 11.5 Å². The van der Waals surface area contributed by atoms with Gasteiger partial charge in [0.15, 0.2) is 11.5 Å². The van der Waals surface area contributed by atoms with Gasteiger partial charge in [-0.05, 0) is 24.3 Å². The molecule has 0 saturated carbocycles. The first kappa shape index (κ1) is 17.8. The normalized spacial score (nSPS) is 17.9. The highest BCUT2D eigenvalue weighted by atomic mass is 16.6. The second kappa shape index (κ2) is 7.55. The number of hydrazine groups is 1. The minimum Gasteiger partial charge on any atom is -0.486 e. The average molecular weight is 382 g/mol. The molecule has 0 unspecified atom stereocenters. The lowest BCUT2D eigenvalue weighted by molar-refractivity contribution is -0.126. The smallest absolute Gasteiger partial charge is 0.269 e. The molecular weight excluding hydrogens is 364 g/mol. The van der Waals surface area contributed by atoms with Gasteiger partial charge in [0.1, 0.15) is 13.2 Å². The van der Waals surface area contributed by atoms with Crippen molar-refractivity contribution in [2.24, 2.45) is 5.92 Å². The van der Waals surface area contributed by atoms with Crippen molar-refractivity contribution in [1.82, 2.24) is 15.8 Å². The van der Waals surface area contributed by atoms with E-state index >= 15 is 0 Å². The van der Waals surface area contributed by atoms with Crippen LogP contribution in [0.5, 0.6) is 11.5 Å². The number of hydrogen-bond acceptors (Lipinski definition) is 6. The minimum atomic E-state index is -0.571. The minimum absolute atomic E-state index is 0.0609. The SMILES string of the molecule is O=C(NNC(=O)[C@@H]1CC(=O)N(c2ccc3c(c2)OCCO3)C1)c1ccncc1. The van der Waals surface area contributed by atoms with Gasteiger partial charge in [0.05, 0.1) is 5.92 Å². The standard InChI is InChI=1S/C19H18N4O5/c24-17-9-13(19(26)22-21-18(25)12-3-5-20-6-4-12)11-23(17)14-1-2-15-16(10-14)28-8-7-27-15/h1-6,10,13H,7-9,11H2,(H,21,25)(H,22,26)/t13-/m1/s1. The van der Waals surface area contributed by atoms with Crippen molar-refractivity contribution in [3.05, 3.63) is 48.3 Å². The number of fused-ring (bicyclic) bond motifs is 1. The summed E-state index contributed by atoms with van der Waals surface area (Å²) in [5.74, 6) is -0.404. The highest BCUT2D eigenvalue weighted by Gasteiger charge is 2.35. The van der Waals surface area contributed by atoms with Crippen LogP contribution in [0.15, 0.2) is 42.7 Å². The zero-order chi connectivity index (χ0) is 19.5. The van der Waals surface area contributed by atoms with E-state index in [2.05, 4.69) is 15.8 Å². The number of ether oxygens (including phenoxy) is 2. The van der Waals surface area contributed by atoms with E-state index in [-0.39, 0.29) is 18.9 Å². The summed E-state index contributed by atoms with van der Waals surface area (Å²) >= 11 is 0. The molecule has 9 nitrogen and oxygen atoms in total. The Labute approximate surface area is 160 Å². The Hall–Kier alpha value is -3.62. The van der Waals surface area contributed by atoms with Gasteiger partial charge in [-0.2, -0.15) is 0 Å². The number of pyridine rings is 1. The van der Waals surface area contributed by atoms with E-state index in [1.54, 1.807) is 18.2 Å². The molecule has 0 aliphatic carbocycles. The van der Waals surface area contributed by atoms with Crippen LogP contribution in [0.2, 0.25) is 0 Å². The predicted molar refractivity (Wildman–Crippen MR) is 97.7 cm³/mol. The number of nitrogens with zero attached hydrogens (tertiary/aromatic N) is 2. The van der Waals surface area contributed by atoms with Crippen LogP contribution in [0.4, 0.5) is 5.69 Å². The fourth-order valence-corrected chi connectivity index (χ4v) is 3.13. The zero-order valence-corrected chi connectivity index (χ0v) is 14.9. The van der Waals surface area contributed by atoms with Crippen molar-refractivity contribution in [2.75, 3.05) is 24.7 Å². The molecule has 2 N–H and O–H groups in total. The molecule has 0 bridgehead atoms. The van der Waals surface area contributed by atoms with E-state index < -0.39 is 17.7 Å². The Morgan fingerprint density at radius 1 is 1.04 bits per heavy atom. The molecule has 0 spiro atoms. The van der Waals surface area contributed by atoms with Crippen LogP contribution in [-0.4, -0.2) is 42.5 Å². The number of benzene rings is 1. The van der Waals surface area contributed by atoms with E-state index in [0.717, 1.165) is 0 Å². The van der Waals surface area contributed by atoms with E-state index in [9.17, 15) is 14.4 Å². The van der Waals surface area contributed by atoms with Crippen LogP contribution in [0, 0.1) is 5.92 Å². The van der Waals surface area contributed by atoms with E-state index in [0.29, 0.717) is 36.0 Å². The first-order valence-electron chi connectivity index (χ1n) is 8.82. The summed E-state index contributed by atoms with van der Waals surface area (Å²) < 4.78 is 11.0. The molecule has 2 aromatic rings. The fraction of sp³-hybridized carbons (Fsp3) is 0.263. The molecule has 4 rings (SSSR count). The second-order valence-electron chi connectivity index (χ2n) is 6.41. The van der Waals surface area contributed by atoms with Crippen molar-refractivity contribution >= 4 is 23.4 Å². The molecule has 2 aliphatic heterocycles. The monoisotopic (exact) mass is 382 g/mol. The maximum Gasteiger partial charge on any atom is 0.269 e. The van der Waals surface area contributed by atoms with Gasteiger partial charge in [0.2, 0.25) is 11.8 Å². The molecule has 1 fully saturated rings. The topological polar surface area (TPSA) is 110 Å². The Morgan fingerprint density at radius 2 is 1.79 bits per heavy atom. The Bertz CT molecular complexity index is 918. The first-order chi connectivity index (χ1) is 13.6. The van der Waals surface area contributed by atoms with Crippen molar-refractivity contribution in [1.29, 1.82) is 0 Å². The highest BCUT2D eigenvalue weighted by Crippen LogP contribution is 2.35. The molecule has 28 heavy (non-hydrogen) atoms. The summed E-state index contributed by atoms with van der Waals surface area (Å²) in [7, 11) is 0. The highest BCUT2D eigenvalue weighted by molar-refractivity contribution is 6.01. The number of carbonyl (C=O) groups is 3. The molecular formula is C19H18N4O5. The Morgan fingerprint density at radius 3 is 2.57 bits per heavy atom. The van der Waals surface area contributed by atoms with E-state index in [1.807, 2.05) is 0 Å². The third-order valence-corrected chi connectivity index (χ3v) is 4.57. The summed E-state index contributed by atoms with van der Waals surface area (Å²) in [4.78, 5) is 42.1. The Kier molecular flexibility index (Phi) is 4.79. The van der Waals surface area contributed by atoms with Crippen molar-refractivity contribution < 1.29 is 23.9 Å². The molecule has 2 aliphatic rings. The molecule has 1 aromatic carbocycles. The quantitative estimate of drug-likeness (QED) is 0.755. The van der Waals surface area contributed by atoms with Crippen LogP contribution >= 0.6 is 0 Å². The van der Waals surface area contributed by atoms with E-state index in [4.69, 9.17) is 9.47 Å². The van der Waals surface area contributed by atoms with E-state index in [1.165, 1.54) is 29.4 Å². The lowest BCUT2D eigenvalue weighted by Crippen LogP contribution is -2.45. The molecule has 9 heteroatoms. The maximum atomic E-state index is 12.4. The largest absolute Gasteiger partial charge is 0.486 e.